The summed E-state index contributed by atoms with van der Waals surface area (Å²) in [6.45, 7) is 26.4. The fraction of sp³-hybridized carbons (Fsp3) is 0.333. The molecule has 0 amide bonds. The number of rotatable bonds is 24. The fourth-order valence-corrected chi connectivity index (χ4v) is 30.6. The quantitative estimate of drug-likeness (QED) is 0.0509. The molecule has 1 aliphatic heterocycles. The summed E-state index contributed by atoms with van der Waals surface area (Å²) < 4.78 is 54.5. The Morgan fingerprint density at radius 2 is 0.533 bits per heavy atom. The minimum atomic E-state index is -2.89. The van der Waals surface area contributed by atoms with Crippen molar-refractivity contribution in [1.82, 2.24) is 0 Å². The largest absolute Gasteiger partial charge is 0.494 e. The van der Waals surface area contributed by atoms with Gasteiger partial charge in [-0.2, -0.15) is 0 Å². The van der Waals surface area contributed by atoms with Crippen LogP contribution in [0.25, 0.3) is 24.3 Å². The molecule has 0 radical (unpaired) electrons. The van der Waals surface area contributed by atoms with Gasteiger partial charge in [0.2, 0.25) is 0 Å². The third kappa shape index (κ3) is 15.0. The molecule has 5 rings (SSSR count). The van der Waals surface area contributed by atoms with Gasteiger partial charge in [-0.05, 0) is 147 Å². The zero-order valence-corrected chi connectivity index (χ0v) is 40.1. The predicted octanol–water partition coefficient (Wildman–Crippen LogP) is 12.8. The van der Waals surface area contributed by atoms with E-state index in [1.807, 2.05) is 121 Å². The van der Waals surface area contributed by atoms with Crippen LogP contribution in [0.5, 0.6) is 23.0 Å². The Kier molecular flexibility index (Phi) is 17.6. The van der Waals surface area contributed by atoms with Gasteiger partial charge in [0.1, 0.15) is 23.0 Å². The second-order valence-electron chi connectivity index (χ2n) is 15.8. The van der Waals surface area contributed by atoms with Crippen LogP contribution < -0.4 is 18.9 Å². The molecule has 1 heterocycles. The van der Waals surface area contributed by atoms with Crippen LogP contribution in [0.15, 0.2) is 123 Å². The maximum absolute atomic E-state index is 7.43. The zero-order valence-electron chi connectivity index (χ0n) is 36.1. The Balaban J connectivity index is 1.32. The summed E-state index contributed by atoms with van der Waals surface area (Å²) in [5.74, 6) is 3.31. The van der Waals surface area contributed by atoms with E-state index >= 15 is 0 Å². The highest BCUT2D eigenvalue weighted by atomic mass is 28.5. The third-order valence-electron chi connectivity index (χ3n) is 10.4. The Hall–Kier alpha value is -4.25. The molecule has 0 N–H and O–H groups in total. The van der Waals surface area contributed by atoms with Gasteiger partial charge in [0, 0.05) is 0 Å². The molecule has 8 nitrogen and oxygen atoms in total. The first kappa shape index (κ1) is 46.8. The van der Waals surface area contributed by atoms with Crippen LogP contribution in [-0.2, 0) is 16.5 Å². The average Bonchev–Trinajstić information content (AvgIpc) is 3.24. The van der Waals surface area contributed by atoms with Crippen molar-refractivity contribution in [2.45, 2.75) is 76.0 Å². The van der Waals surface area contributed by atoms with Crippen molar-refractivity contribution < 1.29 is 35.4 Å². The maximum atomic E-state index is 7.43. The van der Waals surface area contributed by atoms with Crippen LogP contribution in [0.1, 0.15) is 47.9 Å². The lowest BCUT2D eigenvalue weighted by atomic mass is 10.2. The second-order valence-corrected chi connectivity index (χ2v) is 30.2. The summed E-state index contributed by atoms with van der Waals surface area (Å²) in [6.07, 6.45) is 10.4. The molecule has 0 atom stereocenters. The summed E-state index contributed by atoms with van der Waals surface area (Å²) in [6, 6.07) is 34.9. The highest BCUT2D eigenvalue weighted by molar-refractivity contribution is 6.93. The molecule has 12 heteroatoms. The second kappa shape index (κ2) is 22.5. The standard InChI is InChI=1S/C48H64O8Si4/c1-9-41-17-25-45(26-18-41)49-33-13-37-57(5)53-58(6,38-14-34-50-46-27-19-42(10-2)20-28-46)55-60(8,40-16-36-52-48-31-23-44(12-4)24-32-48)56-59(7,54-57)39-15-35-51-47-29-21-43(11-3)22-30-47/h9-12,17-32H,1-4,13-16,33-40H2,5-8H3. The van der Waals surface area contributed by atoms with Gasteiger partial charge in [0.15, 0.2) is 0 Å². The molecule has 1 saturated heterocycles. The Labute approximate surface area is 363 Å². The molecule has 1 fully saturated rings. The van der Waals surface area contributed by atoms with E-state index in [0.29, 0.717) is 26.4 Å². The van der Waals surface area contributed by atoms with Crippen molar-refractivity contribution >= 4 is 58.5 Å². The molecule has 0 aliphatic carbocycles. The van der Waals surface area contributed by atoms with Gasteiger partial charge < -0.3 is 35.4 Å². The van der Waals surface area contributed by atoms with Gasteiger partial charge in [-0.1, -0.05) is 99.2 Å². The van der Waals surface area contributed by atoms with E-state index in [9.17, 15) is 0 Å². The van der Waals surface area contributed by atoms with Crippen LogP contribution in [-0.4, -0.2) is 60.7 Å². The lowest BCUT2D eigenvalue weighted by Crippen LogP contribution is -2.67. The fourth-order valence-electron chi connectivity index (χ4n) is 7.45. The van der Waals surface area contributed by atoms with Crippen molar-refractivity contribution in [1.29, 1.82) is 0 Å². The molecule has 0 bridgehead atoms. The van der Waals surface area contributed by atoms with E-state index < -0.39 is 34.2 Å². The van der Waals surface area contributed by atoms with Gasteiger partial charge >= 0.3 is 34.2 Å². The van der Waals surface area contributed by atoms with E-state index in [1.54, 1.807) is 0 Å². The number of benzene rings is 4. The Morgan fingerprint density at radius 3 is 0.700 bits per heavy atom. The average molecular weight is 881 g/mol. The zero-order chi connectivity index (χ0) is 42.9. The molecule has 320 valence electrons. The topological polar surface area (TPSA) is 73.8 Å². The smallest absolute Gasteiger partial charge is 0.317 e. The highest BCUT2D eigenvalue weighted by Gasteiger charge is 2.56. The summed E-state index contributed by atoms with van der Waals surface area (Å²) in [4.78, 5) is 0. The summed E-state index contributed by atoms with van der Waals surface area (Å²) >= 11 is 0. The summed E-state index contributed by atoms with van der Waals surface area (Å²) in [5.41, 5.74) is 4.22. The van der Waals surface area contributed by atoms with Crippen molar-refractivity contribution in [3.05, 3.63) is 146 Å². The van der Waals surface area contributed by atoms with Crippen LogP contribution in [0.4, 0.5) is 0 Å². The van der Waals surface area contributed by atoms with E-state index in [4.69, 9.17) is 35.4 Å². The van der Waals surface area contributed by atoms with E-state index in [1.165, 1.54) is 0 Å². The van der Waals surface area contributed by atoms with Crippen molar-refractivity contribution in [2.75, 3.05) is 26.4 Å². The molecule has 4 aromatic carbocycles. The van der Waals surface area contributed by atoms with Crippen LogP contribution >= 0.6 is 0 Å². The molecule has 0 spiro atoms. The molecular weight excluding hydrogens is 817 g/mol. The SMILES string of the molecule is C=Cc1ccc(OCCC[Si]2(C)O[Si](C)(CCCOc3ccc(C=C)cc3)O[Si](C)(CCCOc3ccc(C=C)cc3)O[Si](C)(CCCOc3ccc(C=C)cc3)O2)cc1. The molecular formula is C48H64O8Si4. The highest BCUT2D eigenvalue weighted by Crippen LogP contribution is 2.39. The van der Waals surface area contributed by atoms with Crippen LogP contribution in [0.2, 0.25) is 50.4 Å². The van der Waals surface area contributed by atoms with Crippen LogP contribution in [0.3, 0.4) is 0 Å². The predicted molar refractivity (Wildman–Crippen MR) is 257 cm³/mol. The summed E-state index contributed by atoms with van der Waals surface area (Å²) in [5, 5.41) is 0. The number of hydrogen-bond acceptors (Lipinski definition) is 8. The van der Waals surface area contributed by atoms with Gasteiger partial charge in [-0.25, -0.2) is 0 Å². The molecule has 0 unspecified atom stereocenters. The molecule has 1 aliphatic rings. The molecule has 60 heavy (non-hydrogen) atoms. The van der Waals surface area contributed by atoms with E-state index in [0.717, 1.165) is 95.1 Å². The van der Waals surface area contributed by atoms with Crippen LogP contribution in [0, 0.1) is 0 Å². The Morgan fingerprint density at radius 1 is 0.350 bits per heavy atom. The third-order valence-corrected chi connectivity index (χ3v) is 29.2. The van der Waals surface area contributed by atoms with E-state index in [-0.39, 0.29) is 0 Å². The number of ether oxygens (including phenoxy) is 4. The first-order valence-corrected chi connectivity index (χ1v) is 31.2. The lowest BCUT2D eigenvalue weighted by Gasteiger charge is -2.50. The molecule has 0 saturated carbocycles. The normalized spacial score (nSPS) is 22.7. The maximum Gasteiger partial charge on any atom is 0.317 e. The minimum absolute atomic E-state index is 0.542. The van der Waals surface area contributed by atoms with E-state index in [2.05, 4.69) is 52.5 Å². The van der Waals surface area contributed by atoms with Gasteiger partial charge in [0.05, 0.1) is 26.4 Å². The monoisotopic (exact) mass is 880 g/mol. The first-order valence-electron chi connectivity index (χ1n) is 21.1. The Bertz CT molecular complexity index is 1660. The van der Waals surface area contributed by atoms with Crippen molar-refractivity contribution in [3.63, 3.8) is 0 Å². The molecule has 4 aromatic rings. The first-order chi connectivity index (χ1) is 28.9. The van der Waals surface area contributed by atoms with Gasteiger partial charge in [0.25, 0.3) is 0 Å². The van der Waals surface area contributed by atoms with Gasteiger partial charge in [-0.15, -0.1) is 0 Å². The van der Waals surface area contributed by atoms with Crippen molar-refractivity contribution in [2.24, 2.45) is 0 Å². The summed E-state index contributed by atoms with van der Waals surface area (Å²) in [7, 11) is -11.6. The lowest BCUT2D eigenvalue weighted by molar-refractivity contribution is 0.211. The van der Waals surface area contributed by atoms with Gasteiger partial charge in [-0.3, -0.25) is 0 Å². The number of hydrogen-bond donors (Lipinski definition) is 0. The minimum Gasteiger partial charge on any atom is -0.494 e. The van der Waals surface area contributed by atoms with Crippen molar-refractivity contribution in [3.8, 4) is 23.0 Å². The molecule has 0 aromatic heterocycles.